The number of rotatable bonds is 6. The Bertz CT molecular complexity index is 671. The molecule has 2 aromatic rings. The molecule has 0 aliphatic heterocycles. The van der Waals surface area contributed by atoms with Gasteiger partial charge in [-0.05, 0) is 52.2 Å². The minimum atomic E-state index is 0.0599. The van der Waals surface area contributed by atoms with E-state index in [9.17, 15) is 4.79 Å². The third-order valence-corrected chi connectivity index (χ3v) is 5.49. The first-order chi connectivity index (χ1) is 10.5. The lowest BCUT2D eigenvalue weighted by Crippen LogP contribution is -2.07. The summed E-state index contributed by atoms with van der Waals surface area (Å²) >= 11 is 5.11. The van der Waals surface area contributed by atoms with Gasteiger partial charge in [0.1, 0.15) is 0 Å². The Hall–Kier alpha value is -1.39. The smallest absolute Gasteiger partial charge is 0.195 e. The van der Waals surface area contributed by atoms with Crippen molar-refractivity contribution in [3.63, 3.8) is 0 Å². The first-order valence-electron chi connectivity index (χ1n) is 7.29. The van der Waals surface area contributed by atoms with Gasteiger partial charge in [0.2, 0.25) is 0 Å². The van der Waals surface area contributed by atoms with E-state index in [-0.39, 0.29) is 5.78 Å². The van der Waals surface area contributed by atoms with Crippen LogP contribution in [0.1, 0.15) is 33.5 Å². The summed E-state index contributed by atoms with van der Waals surface area (Å²) in [6, 6.07) is 10.1. The summed E-state index contributed by atoms with van der Waals surface area (Å²) in [5, 5.41) is 0. The lowest BCUT2D eigenvalue weighted by molar-refractivity contribution is 0.105. The highest BCUT2D eigenvalue weighted by Gasteiger charge is 2.10. The number of carbonyl (C=O) groups is 1. The lowest BCUT2D eigenvalue weighted by Gasteiger charge is -2.11. The van der Waals surface area contributed by atoms with Crippen molar-refractivity contribution < 1.29 is 4.79 Å². The van der Waals surface area contributed by atoms with E-state index in [1.165, 1.54) is 4.88 Å². The number of thiophene rings is 1. The Morgan fingerprint density at radius 3 is 2.55 bits per heavy atom. The van der Waals surface area contributed by atoms with Gasteiger partial charge in [-0.25, -0.2) is 0 Å². The van der Waals surface area contributed by atoms with Gasteiger partial charge >= 0.3 is 0 Å². The molecule has 22 heavy (non-hydrogen) atoms. The third-order valence-electron chi connectivity index (χ3n) is 3.31. The highest BCUT2D eigenvalue weighted by atomic mass is 79.9. The van der Waals surface area contributed by atoms with Crippen molar-refractivity contribution in [1.82, 2.24) is 0 Å². The van der Waals surface area contributed by atoms with Crippen LogP contribution in [0.15, 0.2) is 40.9 Å². The molecule has 1 heterocycles. The van der Waals surface area contributed by atoms with Gasteiger partial charge in [0, 0.05) is 29.1 Å². The molecule has 0 saturated carbocycles. The first kappa shape index (κ1) is 17.0. The molecule has 0 fully saturated rings. The molecule has 0 N–H and O–H groups in total. The molecule has 0 radical (unpaired) electrons. The molecule has 4 heteroatoms. The number of ketones is 1. The van der Waals surface area contributed by atoms with E-state index < -0.39 is 0 Å². The van der Waals surface area contributed by atoms with Crippen LogP contribution in [0, 0.1) is 0 Å². The van der Waals surface area contributed by atoms with Crippen molar-refractivity contribution in [2.24, 2.45) is 0 Å². The van der Waals surface area contributed by atoms with Crippen LogP contribution < -0.4 is 4.90 Å². The van der Waals surface area contributed by atoms with Crippen molar-refractivity contribution in [2.45, 2.75) is 19.8 Å². The van der Waals surface area contributed by atoms with Crippen LogP contribution in [0.4, 0.5) is 5.69 Å². The van der Waals surface area contributed by atoms with Crippen LogP contribution in [0.2, 0.25) is 0 Å². The standard InChI is InChI=1S/C18H20BrNOS/c1-4-5-17-15(19)12-18(22-17)16(21)11-8-13-6-9-14(10-7-13)20(2)3/h6-12H,4-5H2,1-3H3/b11-8+. The van der Waals surface area contributed by atoms with Gasteiger partial charge in [-0.3, -0.25) is 4.79 Å². The number of benzene rings is 1. The number of aryl methyl sites for hydroxylation is 1. The van der Waals surface area contributed by atoms with E-state index in [0.29, 0.717) is 0 Å². The third kappa shape index (κ3) is 4.31. The number of anilines is 1. The Morgan fingerprint density at radius 2 is 1.95 bits per heavy atom. The van der Waals surface area contributed by atoms with E-state index in [0.717, 1.165) is 33.4 Å². The topological polar surface area (TPSA) is 20.3 Å². The second-order valence-electron chi connectivity index (χ2n) is 5.32. The largest absolute Gasteiger partial charge is 0.378 e. The summed E-state index contributed by atoms with van der Waals surface area (Å²) in [6.45, 7) is 2.14. The van der Waals surface area contributed by atoms with Crippen LogP contribution in [0.3, 0.4) is 0 Å². The summed E-state index contributed by atoms with van der Waals surface area (Å²) in [5.74, 6) is 0.0599. The monoisotopic (exact) mass is 377 g/mol. The summed E-state index contributed by atoms with van der Waals surface area (Å²) in [4.78, 5) is 16.3. The number of allylic oxidation sites excluding steroid dienone is 1. The molecule has 0 atom stereocenters. The number of hydrogen-bond acceptors (Lipinski definition) is 3. The SMILES string of the molecule is CCCc1sc(C(=O)/C=C/c2ccc(N(C)C)cc2)cc1Br. The summed E-state index contributed by atoms with van der Waals surface area (Å²) in [6.07, 6.45) is 5.61. The molecule has 1 aromatic carbocycles. The van der Waals surface area contributed by atoms with Crippen molar-refractivity contribution in [1.29, 1.82) is 0 Å². The minimum Gasteiger partial charge on any atom is -0.378 e. The van der Waals surface area contributed by atoms with Crippen molar-refractivity contribution in [2.75, 3.05) is 19.0 Å². The van der Waals surface area contributed by atoms with Crippen molar-refractivity contribution in [3.8, 4) is 0 Å². The molecule has 2 nitrogen and oxygen atoms in total. The molecule has 0 amide bonds. The minimum absolute atomic E-state index is 0.0599. The Labute approximate surface area is 144 Å². The molecule has 116 valence electrons. The maximum absolute atomic E-state index is 12.3. The van der Waals surface area contributed by atoms with Crippen LogP contribution in [0.5, 0.6) is 0 Å². The Balaban J connectivity index is 2.09. The van der Waals surface area contributed by atoms with Crippen molar-refractivity contribution in [3.05, 3.63) is 56.2 Å². The van der Waals surface area contributed by atoms with Crippen LogP contribution in [-0.2, 0) is 6.42 Å². The predicted molar refractivity (Wildman–Crippen MR) is 100 cm³/mol. The quantitative estimate of drug-likeness (QED) is 0.494. The molecular formula is C18H20BrNOS. The van der Waals surface area contributed by atoms with Gasteiger partial charge in [0.25, 0.3) is 0 Å². The molecular weight excluding hydrogens is 358 g/mol. The van der Waals surface area contributed by atoms with Gasteiger partial charge in [-0.15, -0.1) is 11.3 Å². The highest BCUT2D eigenvalue weighted by Crippen LogP contribution is 2.29. The first-order valence-corrected chi connectivity index (χ1v) is 8.90. The zero-order chi connectivity index (χ0) is 16.1. The maximum Gasteiger partial charge on any atom is 0.195 e. The van der Waals surface area contributed by atoms with Gasteiger partial charge in [-0.1, -0.05) is 31.6 Å². The van der Waals surface area contributed by atoms with E-state index in [2.05, 4.69) is 27.8 Å². The number of halogens is 1. The van der Waals surface area contributed by atoms with Crippen LogP contribution in [0.25, 0.3) is 6.08 Å². The van der Waals surface area contributed by atoms with Gasteiger partial charge in [0.15, 0.2) is 5.78 Å². The average Bonchev–Trinajstić information content (AvgIpc) is 2.87. The molecule has 1 aromatic heterocycles. The van der Waals surface area contributed by atoms with Crippen molar-refractivity contribution >= 4 is 44.8 Å². The fourth-order valence-corrected chi connectivity index (χ4v) is 3.96. The van der Waals surface area contributed by atoms with Crippen LogP contribution >= 0.6 is 27.3 Å². The lowest BCUT2D eigenvalue weighted by atomic mass is 10.1. The zero-order valence-corrected chi connectivity index (χ0v) is 15.5. The Morgan fingerprint density at radius 1 is 1.27 bits per heavy atom. The number of nitrogens with zero attached hydrogens (tertiary/aromatic N) is 1. The van der Waals surface area contributed by atoms with Gasteiger partial charge in [0.05, 0.1) is 4.88 Å². The molecule has 0 unspecified atom stereocenters. The van der Waals surface area contributed by atoms with Gasteiger partial charge in [-0.2, -0.15) is 0 Å². The normalized spacial score (nSPS) is 11.1. The second kappa shape index (κ2) is 7.75. The van der Waals surface area contributed by atoms with Gasteiger partial charge < -0.3 is 4.90 Å². The summed E-state index contributed by atoms with van der Waals surface area (Å²) in [5.41, 5.74) is 2.18. The number of hydrogen-bond donors (Lipinski definition) is 0. The van der Waals surface area contributed by atoms with E-state index in [1.54, 1.807) is 17.4 Å². The van der Waals surface area contributed by atoms with E-state index in [4.69, 9.17) is 0 Å². The Kier molecular flexibility index (Phi) is 5.98. The van der Waals surface area contributed by atoms with E-state index >= 15 is 0 Å². The maximum atomic E-state index is 12.3. The molecule has 2 rings (SSSR count). The fraction of sp³-hybridized carbons (Fsp3) is 0.278. The summed E-state index contributed by atoms with van der Waals surface area (Å²) in [7, 11) is 4.02. The molecule has 0 aliphatic carbocycles. The molecule has 0 aliphatic rings. The molecule has 0 saturated heterocycles. The fourth-order valence-electron chi connectivity index (χ4n) is 2.06. The zero-order valence-electron chi connectivity index (χ0n) is 13.1. The molecule has 0 spiro atoms. The summed E-state index contributed by atoms with van der Waals surface area (Å²) < 4.78 is 1.05. The predicted octanol–water partition coefficient (Wildman–Crippen LogP) is 5.43. The highest BCUT2D eigenvalue weighted by molar-refractivity contribution is 9.10. The van der Waals surface area contributed by atoms with E-state index in [1.807, 2.05) is 50.5 Å². The number of carbonyl (C=O) groups excluding carboxylic acids is 1. The second-order valence-corrected chi connectivity index (χ2v) is 7.31. The van der Waals surface area contributed by atoms with Crippen LogP contribution in [-0.4, -0.2) is 19.9 Å². The molecule has 0 bridgehead atoms. The average molecular weight is 378 g/mol.